The van der Waals surface area contributed by atoms with Crippen LogP contribution < -0.4 is 30.2 Å². The summed E-state index contributed by atoms with van der Waals surface area (Å²) in [6, 6.07) is 9.37. The molecule has 33 heavy (non-hydrogen) atoms. The lowest BCUT2D eigenvalue weighted by Gasteiger charge is -2.30. The summed E-state index contributed by atoms with van der Waals surface area (Å²) in [5.41, 5.74) is 2.44. The summed E-state index contributed by atoms with van der Waals surface area (Å²) >= 11 is 0. The topological polar surface area (TPSA) is 107 Å². The Morgan fingerprint density at radius 2 is 2.03 bits per heavy atom. The summed E-state index contributed by atoms with van der Waals surface area (Å²) in [7, 11) is 1.62. The van der Waals surface area contributed by atoms with Gasteiger partial charge in [-0.05, 0) is 37.1 Å². The first-order valence-electron chi connectivity index (χ1n) is 11.1. The van der Waals surface area contributed by atoms with Gasteiger partial charge in [-0.2, -0.15) is 0 Å². The number of fused-ring (bicyclic) bond motifs is 2. The molecule has 2 aliphatic heterocycles. The Morgan fingerprint density at radius 1 is 1.15 bits per heavy atom. The fourth-order valence-corrected chi connectivity index (χ4v) is 4.17. The van der Waals surface area contributed by atoms with Gasteiger partial charge in [0.2, 0.25) is 5.91 Å². The summed E-state index contributed by atoms with van der Waals surface area (Å²) in [6.45, 7) is 2.45. The molecule has 1 amide bonds. The summed E-state index contributed by atoms with van der Waals surface area (Å²) in [5, 5.41) is 10.8. The lowest BCUT2D eigenvalue weighted by Crippen LogP contribution is -2.52. The van der Waals surface area contributed by atoms with Gasteiger partial charge in [-0.1, -0.05) is 0 Å². The molecule has 0 bridgehead atoms. The van der Waals surface area contributed by atoms with Gasteiger partial charge in [-0.25, -0.2) is 0 Å². The van der Waals surface area contributed by atoms with Crippen LogP contribution in [0.15, 0.2) is 42.7 Å². The molecule has 172 valence electrons. The maximum atomic E-state index is 12.9. The first-order chi connectivity index (χ1) is 16.2. The number of nitrogens with zero attached hydrogens (tertiary/aromatic N) is 2. The average molecular weight is 450 g/mol. The number of carbonyl (C=O) groups excluding carboxylic acids is 1. The van der Waals surface area contributed by atoms with Crippen LogP contribution in [0.4, 0.5) is 5.69 Å². The third-order valence-corrected chi connectivity index (χ3v) is 6.00. The lowest BCUT2D eigenvalue weighted by molar-refractivity contribution is -0.118. The van der Waals surface area contributed by atoms with Crippen molar-refractivity contribution in [3.05, 3.63) is 48.4 Å². The molecule has 2 aliphatic rings. The van der Waals surface area contributed by atoms with Crippen molar-refractivity contribution in [2.75, 3.05) is 32.2 Å². The fraction of sp³-hybridized carbons (Fsp3) is 0.375. The number of piperidine rings is 1. The Kier molecular flexibility index (Phi) is 6.23. The van der Waals surface area contributed by atoms with E-state index in [0.29, 0.717) is 32.1 Å². The summed E-state index contributed by atoms with van der Waals surface area (Å²) in [5.74, 6) is 2.12. The maximum absolute atomic E-state index is 12.9. The zero-order valence-corrected chi connectivity index (χ0v) is 18.5. The second kappa shape index (κ2) is 9.60. The summed E-state index contributed by atoms with van der Waals surface area (Å²) in [4.78, 5) is 21.7. The Morgan fingerprint density at radius 3 is 2.85 bits per heavy atom. The molecule has 2 aromatic heterocycles. The largest absolute Gasteiger partial charge is 0.497 e. The smallest absolute Gasteiger partial charge is 0.241 e. The third-order valence-electron chi connectivity index (χ3n) is 6.00. The number of carbonyl (C=O) groups is 1. The summed E-state index contributed by atoms with van der Waals surface area (Å²) in [6.07, 6.45) is 5.04. The zero-order valence-electron chi connectivity index (χ0n) is 18.5. The molecule has 3 aromatic rings. The average Bonchev–Trinajstić information content (AvgIpc) is 2.87. The highest BCUT2D eigenvalue weighted by Gasteiger charge is 2.26. The minimum atomic E-state index is -0.246. The molecule has 9 heteroatoms. The highest BCUT2D eigenvalue weighted by Crippen LogP contribution is 2.29. The second-order valence-electron chi connectivity index (χ2n) is 8.17. The van der Waals surface area contributed by atoms with Gasteiger partial charge < -0.3 is 30.2 Å². The number of anilines is 1. The van der Waals surface area contributed by atoms with Gasteiger partial charge in [0.05, 0.1) is 36.2 Å². The monoisotopic (exact) mass is 449 g/mol. The van der Waals surface area contributed by atoms with Gasteiger partial charge in [-0.3, -0.25) is 14.8 Å². The SMILES string of the molecule is COc1ccc2nccc(NC(=O)[C@@H]3CC[C@@H](NCc4cc5c(cn4)OCCO5)CN3)c2c1. The predicted molar refractivity (Wildman–Crippen MR) is 124 cm³/mol. The van der Waals surface area contributed by atoms with E-state index >= 15 is 0 Å². The highest BCUT2D eigenvalue weighted by molar-refractivity contribution is 6.03. The number of pyridine rings is 2. The molecule has 0 radical (unpaired) electrons. The fourth-order valence-electron chi connectivity index (χ4n) is 4.17. The summed E-state index contributed by atoms with van der Waals surface area (Å²) < 4.78 is 16.5. The first kappa shape index (κ1) is 21.4. The Balaban J connectivity index is 1.14. The van der Waals surface area contributed by atoms with Crippen molar-refractivity contribution < 1.29 is 19.0 Å². The number of aromatic nitrogens is 2. The van der Waals surface area contributed by atoms with Crippen LogP contribution in [0.5, 0.6) is 17.2 Å². The standard InChI is InChI=1S/C24H27N5O4/c1-31-17-3-5-19-18(11-17)20(6-7-25-19)29-24(30)21-4-2-15(12-28-21)26-13-16-10-22-23(14-27-16)33-9-8-32-22/h3,5-7,10-11,14-15,21,26,28H,2,4,8-9,12-13H2,1H3,(H,25,29,30)/t15-,21+/m1/s1. The van der Waals surface area contributed by atoms with Crippen molar-refractivity contribution in [1.82, 2.24) is 20.6 Å². The van der Waals surface area contributed by atoms with E-state index in [1.807, 2.05) is 30.3 Å². The number of hydrogen-bond acceptors (Lipinski definition) is 8. The van der Waals surface area contributed by atoms with Crippen molar-refractivity contribution in [3.8, 4) is 17.2 Å². The quantitative estimate of drug-likeness (QED) is 0.526. The Labute approximate surface area is 191 Å². The van der Waals surface area contributed by atoms with E-state index in [9.17, 15) is 4.79 Å². The number of hydrogen-bond donors (Lipinski definition) is 3. The van der Waals surface area contributed by atoms with Crippen LogP contribution >= 0.6 is 0 Å². The van der Waals surface area contributed by atoms with Crippen molar-refractivity contribution in [3.63, 3.8) is 0 Å². The van der Waals surface area contributed by atoms with Crippen molar-refractivity contribution in [2.45, 2.75) is 31.5 Å². The van der Waals surface area contributed by atoms with Crippen molar-refractivity contribution in [1.29, 1.82) is 0 Å². The Bertz CT molecular complexity index is 1150. The van der Waals surface area contributed by atoms with E-state index in [1.165, 1.54) is 0 Å². The molecule has 0 saturated carbocycles. The molecule has 4 heterocycles. The van der Waals surface area contributed by atoms with E-state index in [0.717, 1.165) is 46.6 Å². The van der Waals surface area contributed by atoms with Gasteiger partial charge in [0.15, 0.2) is 11.5 Å². The van der Waals surface area contributed by atoms with Crippen molar-refractivity contribution in [2.24, 2.45) is 0 Å². The van der Waals surface area contributed by atoms with Gasteiger partial charge in [-0.15, -0.1) is 0 Å². The van der Waals surface area contributed by atoms with Gasteiger partial charge >= 0.3 is 0 Å². The van der Waals surface area contributed by atoms with Gasteiger partial charge in [0.1, 0.15) is 19.0 Å². The molecule has 2 atom stereocenters. The zero-order chi connectivity index (χ0) is 22.6. The van der Waals surface area contributed by atoms with Crippen LogP contribution in [0, 0.1) is 0 Å². The number of nitrogens with one attached hydrogen (secondary N) is 3. The predicted octanol–water partition coefficient (Wildman–Crippen LogP) is 2.26. The molecule has 1 saturated heterocycles. The molecule has 9 nitrogen and oxygen atoms in total. The third kappa shape index (κ3) is 4.84. The molecular formula is C24H27N5O4. The maximum Gasteiger partial charge on any atom is 0.241 e. The Hall–Kier alpha value is -3.43. The van der Waals surface area contributed by atoms with E-state index in [1.54, 1.807) is 19.5 Å². The molecule has 1 aromatic carbocycles. The van der Waals surface area contributed by atoms with Crippen LogP contribution in [0.2, 0.25) is 0 Å². The van der Waals surface area contributed by atoms with E-state index in [2.05, 4.69) is 25.9 Å². The van der Waals surface area contributed by atoms with Crippen LogP contribution in [0.3, 0.4) is 0 Å². The number of benzene rings is 1. The molecule has 5 rings (SSSR count). The van der Waals surface area contributed by atoms with E-state index < -0.39 is 0 Å². The van der Waals surface area contributed by atoms with Gasteiger partial charge in [0, 0.05) is 36.8 Å². The lowest BCUT2D eigenvalue weighted by atomic mass is 10.00. The minimum Gasteiger partial charge on any atom is -0.497 e. The van der Waals surface area contributed by atoms with Crippen LogP contribution in [0.1, 0.15) is 18.5 Å². The van der Waals surface area contributed by atoms with Crippen LogP contribution in [-0.2, 0) is 11.3 Å². The van der Waals surface area contributed by atoms with Crippen LogP contribution in [-0.4, -0.2) is 54.8 Å². The van der Waals surface area contributed by atoms with Gasteiger partial charge in [0.25, 0.3) is 0 Å². The first-order valence-corrected chi connectivity index (χ1v) is 11.1. The molecule has 0 aliphatic carbocycles. The van der Waals surface area contributed by atoms with E-state index in [4.69, 9.17) is 14.2 Å². The molecule has 0 unspecified atom stereocenters. The molecule has 3 N–H and O–H groups in total. The number of amides is 1. The molecular weight excluding hydrogens is 422 g/mol. The number of ether oxygens (including phenoxy) is 3. The minimum absolute atomic E-state index is 0.0442. The highest BCUT2D eigenvalue weighted by atomic mass is 16.6. The number of rotatable bonds is 6. The molecule has 1 fully saturated rings. The normalized spacial score (nSPS) is 19.8. The number of methoxy groups -OCH3 is 1. The van der Waals surface area contributed by atoms with E-state index in [-0.39, 0.29) is 18.0 Å². The van der Waals surface area contributed by atoms with Crippen LogP contribution in [0.25, 0.3) is 10.9 Å². The molecule has 0 spiro atoms. The van der Waals surface area contributed by atoms with Crippen molar-refractivity contribution >= 4 is 22.5 Å². The second-order valence-corrected chi connectivity index (χ2v) is 8.17.